The molecule has 0 aliphatic carbocycles. The Morgan fingerprint density at radius 1 is 1.53 bits per heavy atom. The van der Waals surface area contributed by atoms with Crippen LogP contribution in [0.3, 0.4) is 0 Å². The maximum absolute atomic E-state index is 12.5. The Morgan fingerprint density at radius 2 is 2.42 bits per heavy atom. The van der Waals surface area contributed by atoms with Gasteiger partial charge in [-0.05, 0) is 36.6 Å². The van der Waals surface area contributed by atoms with Crippen LogP contribution >= 0.6 is 0 Å². The van der Waals surface area contributed by atoms with Crippen molar-refractivity contribution in [3.05, 3.63) is 29.3 Å². The molecule has 0 spiro atoms. The summed E-state index contributed by atoms with van der Waals surface area (Å²) in [6.45, 7) is 5.13. The number of benzene rings is 1. The molecule has 1 unspecified atom stereocenters. The lowest BCUT2D eigenvalue weighted by Crippen LogP contribution is -2.45. The second-order valence-corrected chi connectivity index (χ2v) is 5.20. The summed E-state index contributed by atoms with van der Waals surface area (Å²) in [4.78, 5) is 14.4. The summed E-state index contributed by atoms with van der Waals surface area (Å²) in [7, 11) is 0. The molecule has 0 bridgehead atoms. The molecule has 19 heavy (non-hydrogen) atoms. The average molecular weight is 260 g/mol. The molecular formula is C15H20N2O2. The fraction of sp³-hybridized carbons (Fsp3) is 0.533. The molecule has 1 aromatic carbocycles. The van der Waals surface area contributed by atoms with E-state index in [1.807, 2.05) is 23.1 Å². The van der Waals surface area contributed by atoms with Gasteiger partial charge < -0.3 is 15.0 Å². The zero-order valence-electron chi connectivity index (χ0n) is 11.3. The summed E-state index contributed by atoms with van der Waals surface area (Å²) in [5.41, 5.74) is 3.23. The van der Waals surface area contributed by atoms with Crippen molar-refractivity contribution in [3.63, 3.8) is 0 Å². The van der Waals surface area contributed by atoms with Gasteiger partial charge in [-0.3, -0.25) is 4.79 Å². The minimum atomic E-state index is 0.136. The highest BCUT2D eigenvalue weighted by atomic mass is 16.5. The fourth-order valence-electron chi connectivity index (χ4n) is 2.77. The van der Waals surface area contributed by atoms with Gasteiger partial charge in [0.05, 0.1) is 12.7 Å². The highest BCUT2D eigenvalue weighted by Crippen LogP contribution is 2.24. The largest absolute Gasteiger partial charge is 0.384 e. The molecule has 2 aliphatic rings. The van der Waals surface area contributed by atoms with E-state index in [0.717, 1.165) is 24.9 Å². The molecule has 1 atom stereocenters. The van der Waals surface area contributed by atoms with Gasteiger partial charge in [0.1, 0.15) is 0 Å². The molecule has 1 saturated heterocycles. The van der Waals surface area contributed by atoms with Crippen molar-refractivity contribution in [2.75, 3.05) is 31.6 Å². The number of ether oxygens (including phenoxy) is 1. The Labute approximate surface area is 113 Å². The number of carbonyl (C=O) groups is 1. The first kappa shape index (κ1) is 12.5. The number of nitrogens with zero attached hydrogens (tertiary/aromatic N) is 1. The first-order valence-electron chi connectivity index (χ1n) is 7.05. The topological polar surface area (TPSA) is 41.6 Å². The Bertz CT molecular complexity index is 487. The lowest BCUT2D eigenvalue weighted by atomic mass is 10.1. The second kappa shape index (κ2) is 5.21. The average Bonchev–Trinajstić information content (AvgIpc) is 2.94. The van der Waals surface area contributed by atoms with E-state index in [9.17, 15) is 4.79 Å². The lowest BCUT2D eigenvalue weighted by molar-refractivity contribution is -0.0226. The van der Waals surface area contributed by atoms with Gasteiger partial charge in [0.2, 0.25) is 0 Å². The van der Waals surface area contributed by atoms with Gasteiger partial charge in [0.15, 0.2) is 0 Å². The van der Waals surface area contributed by atoms with Crippen molar-refractivity contribution in [2.24, 2.45) is 0 Å². The Morgan fingerprint density at radius 3 is 3.26 bits per heavy atom. The molecule has 4 nitrogen and oxygen atoms in total. The van der Waals surface area contributed by atoms with Gasteiger partial charge in [0.25, 0.3) is 5.91 Å². The van der Waals surface area contributed by atoms with Crippen LogP contribution in [0.25, 0.3) is 0 Å². The minimum Gasteiger partial charge on any atom is -0.384 e. The van der Waals surface area contributed by atoms with Crippen molar-refractivity contribution < 1.29 is 9.53 Å². The molecule has 0 saturated carbocycles. The van der Waals surface area contributed by atoms with Crippen molar-refractivity contribution >= 4 is 11.6 Å². The standard InChI is InChI=1S/C15H20N2O2/c1-2-13-10-17(7-8-19-13)15(18)12-3-4-14-11(9-12)5-6-16-14/h3-4,9,13,16H,2,5-8,10H2,1H3. The number of amides is 1. The van der Waals surface area contributed by atoms with Crippen molar-refractivity contribution in [2.45, 2.75) is 25.9 Å². The number of hydrogen-bond acceptors (Lipinski definition) is 3. The van der Waals surface area contributed by atoms with Crippen LogP contribution in [0.5, 0.6) is 0 Å². The van der Waals surface area contributed by atoms with Gasteiger partial charge in [-0.25, -0.2) is 0 Å². The molecule has 0 radical (unpaired) electrons. The van der Waals surface area contributed by atoms with Crippen molar-refractivity contribution in [1.82, 2.24) is 4.90 Å². The van der Waals surface area contributed by atoms with Crippen LogP contribution in [0.15, 0.2) is 18.2 Å². The smallest absolute Gasteiger partial charge is 0.254 e. The molecule has 0 aromatic heterocycles. The predicted octanol–water partition coefficient (Wildman–Crippen LogP) is 1.91. The van der Waals surface area contributed by atoms with Gasteiger partial charge >= 0.3 is 0 Å². The molecular weight excluding hydrogens is 240 g/mol. The third kappa shape index (κ3) is 2.45. The number of nitrogens with one attached hydrogen (secondary N) is 1. The van der Waals surface area contributed by atoms with E-state index in [1.165, 1.54) is 11.3 Å². The first-order valence-corrected chi connectivity index (χ1v) is 7.05. The summed E-state index contributed by atoms with van der Waals surface area (Å²) in [5, 5.41) is 3.32. The quantitative estimate of drug-likeness (QED) is 0.883. The van der Waals surface area contributed by atoms with Crippen LogP contribution in [-0.2, 0) is 11.2 Å². The van der Waals surface area contributed by atoms with Gasteiger partial charge in [-0.1, -0.05) is 6.92 Å². The predicted molar refractivity (Wildman–Crippen MR) is 74.6 cm³/mol. The van der Waals surface area contributed by atoms with E-state index in [0.29, 0.717) is 19.7 Å². The molecule has 2 heterocycles. The third-order valence-corrected chi connectivity index (χ3v) is 3.94. The zero-order valence-corrected chi connectivity index (χ0v) is 11.3. The summed E-state index contributed by atoms with van der Waals surface area (Å²) >= 11 is 0. The summed E-state index contributed by atoms with van der Waals surface area (Å²) < 4.78 is 5.61. The highest BCUT2D eigenvalue weighted by molar-refractivity contribution is 5.95. The summed E-state index contributed by atoms with van der Waals surface area (Å²) in [6.07, 6.45) is 2.16. The fourth-order valence-corrected chi connectivity index (χ4v) is 2.77. The number of carbonyl (C=O) groups excluding carboxylic acids is 1. The van der Waals surface area contributed by atoms with Crippen LogP contribution in [-0.4, -0.2) is 43.2 Å². The molecule has 4 heteroatoms. The van der Waals surface area contributed by atoms with Crippen LogP contribution in [0.4, 0.5) is 5.69 Å². The van der Waals surface area contributed by atoms with Crippen LogP contribution < -0.4 is 5.32 Å². The second-order valence-electron chi connectivity index (χ2n) is 5.20. The number of morpholine rings is 1. The van der Waals surface area contributed by atoms with E-state index in [4.69, 9.17) is 4.74 Å². The third-order valence-electron chi connectivity index (χ3n) is 3.94. The molecule has 2 aliphatic heterocycles. The Balaban J connectivity index is 1.76. The number of anilines is 1. The molecule has 1 fully saturated rings. The maximum atomic E-state index is 12.5. The summed E-state index contributed by atoms with van der Waals surface area (Å²) in [5.74, 6) is 0.136. The Hall–Kier alpha value is -1.55. The molecule has 1 N–H and O–H groups in total. The zero-order chi connectivity index (χ0) is 13.2. The van der Waals surface area contributed by atoms with Gasteiger partial charge in [-0.2, -0.15) is 0 Å². The van der Waals surface area contributed by atoms with E-state index in [-0.39, 0.29) is 12.0 Å². The molecule has 3 rings (SSSR count). The monoisotopic (exact) mass is 260 g/mol. The minimum absolute atomic E-state index is 0.136. The molecule has 1 amide bonds. The lowest BCUT2D eigenvalue weighted by Gasteiger charge is -2.32. The normalized spacial score (nSPS) is 21.9. The number of rotatable bonds is 2. The molecule has 1 aromatic rings. The van der Waals surface area contributed by atoms with Gasteiger partial charge in [0, 0.05) is 30.9 Å². The molecule has 102 valence electrons. The van der Waals surface area contributed by atoms with Crippen LogP contribution in [0.2, 0.25) is 0 Å². The number of hydrogen-bond donors (Lipinski definition) is 1. The van der Waals surface area contributed by atoms with E-state index < -0.39 is 0 Å². The Kier molecular flexibility index (Phi) is 3.42. The van der Waals surface area contributed by atoms with E-state index in [2.05, 4.69) is 12.2 Å². The SMILES string of the molecule is CCC1CN(C(=O)c2ccc3c(c2)CCN3)CCO1. The van der Waals surface area contributed by atoms with Crippen molar-refractivity contribution in [3.8, 4) is 0 Å². The maximum Gasteiger partial charge on any atom is 0.254 e. The van der Waals surface area contributed by atoms with Crippen LogP contribution in [0, 0.1) is 0 Å². The van der Waals surface area contributed by atoms with Crippen molar-refractivity contribution in [1.29, 1.82) is 0 Å². The first-order chi connectivity index (χ1) is 9.28. The number of fused-ring (bicyclic) bond motifs is 1. The summed E-state index contributed by atoms with van der Waals surface area (Å²) in [6, 6.07) is 5.98. The van der Waals surface area contributed by atoms with E-state index in [1.54, 1.807) is 0 Å². The van der Waals surface area contributed by atoms with Gasteiger partial charge in [-0.15, -0.1) is 0 Å². The van der Waals surface area contributed by atoms with E-state index >= 15 is 0 Å². The highest BCUT2D eigenvalue weighted by Gasteiger charge is 2.24. The van der Waals surface area contributed by atoms with Crippen LogP contribution in [0.1, 0.15) is 29.3 Å².